The van der Waals surface area contributed by atoms with Gasteiger partial charge in [-0.1, -0.05) is 30.3 Å². The maximum Gasteiger partial charge on any atom is 0.344 e. The van der Waals surface area contributed by atoms with Crippen LogP contribution in [0.2, 0.25) is 0 Å². The van der Waals surface area contributed by atoms with Gasteiger partial charge in [-0.25, -0.2) is 9.18 Å². The van der Waals surface area contributed by atoms with Crippen molar-refractivity contribution in [1.29, 1.82) is 0 Å². The lowest BCUT2D eigenvalue weighted by Crippen LogP contribution is -2.51. The highest BCUT2D eigenvalue weighted by atomic mass is 31.2. The number of carbonyl (C=O) groups excluding carboxylic acids is 2. The molecule has 0 saturated heterocycles. The van der Waals surface area contributed by atoms with E-state index < -0.39 is 12.4 Å². The van der Waals surface area contributed by atoms with Crippen molar-refractivity contribution < 1.29 is 18.7 Å². The maximum absolute atomic E-state index is 13.6. The molecule has 1 saturated carbocycles. The first-order valence-electron chi connectivity index (χ1n) is 10.3. The van der Waals surface area contributed by atoms with E-state index in [4.69, 9.17) is 4.74 Å². The van der Waals surface area contributed by atoms with E-state index in [1.165, 1.54) is 12.1 Å². The molecule has 0 spiro atoms. The summed E-state index contributed by atoms with van der Waals surface area (Å²) in [5.41, 5.74) is 3.02. The summed E-state index contributed by atoms with van der Waals surface area (Å²) in [6.07, 6.45) is 2.78. The van der Waals surface area contributed by atoms with Crippen molar-refractivity contribution in [2.75, 3.05) is 24.8 Å². The number of carbonyl (C=O) groups is 2. The average molecular weight is 430 g/mol. The Bertz CT molecular complexity index is 916. The first-order chi connectivity index (χ1) is 14.1. The number of nitrogens with one attached hydrogen (secondary N) is 1. The van der Waals surface area contributed by atoms with E-state index in [0.29, 0.717) is 16.8 Å². The molecule has 0 atom stereocenters. The second-order valence-electron chi connectivity index (χ2n) is 8.74. The monoisotopic (exact) mass is 430 g/mol. The largest absolute Gasteiger partial charge is 0.458 e. The molecule has 4 nitrogen and oxygen atoms in total. The molecule has 1 N–H and O–H groups in total. The lowest BCUT2D eigenvalue weighted by Gasteiger charge is -2.45. The molecule has 0 aliphatic heterocycles. The molecule has 1 aliphatic rings. The van der Waals surface area contributed by atoms with E-state index in [9.17, 15) is 14.0 Å². The number of aryl methyl sites for hydroxylation is 2. The summed E-state index contributed by atoms with van der Waals surface area (Å²) in [5, 5.41) is 2.52. The summed E-state index contributed by atoms with van der Waals surface area (Å²) in [7, 11) is -1.95. The number of hydrogen-bond donors (Lipinski definition) is 1. The predicted octanol–water partition coefficient (Wildman–Crippen LogP) is 5.32. The summed E-state index contributed by atoms with van der Waals surface area (Å²) < 4.78 is 19.1. The second kappa shape index (κ2) is 8.85. The third-order valence-corrected chi connectivity index (χ3v) is 10.3. The van der Waals surface area contributed by atoms with E-state index in [2.05, 4.69) is 18.6 Å². The van der Waals surface area contributed by atoms with Gasteiger partial charge in [-0.15, -0.1) is 0 Å². The Hall–Kier alpha value is -2.26. The van der Waals surface area contributed by atoms with Crippen molar-refractivity contribution in [2.24, 2.45) is 0 Å². The Kier molecular flexibility index (Phi) is 6.62. The third kappa shape index (κ3) is 4.57. The van der Waals surface area contributed by atoms with Crippen LogP contribution in [0, 0.1) is 19.7 Å². The highest BCUT2D eigenvalue weighted by molar-refractivity contribution is 7.77. The van der Waals surface area contributed by atoms with Crippen LogP contribution >= 0.6 is 7.26 Å². The van der Waals surface area contributed by atoms with Gasteiger partial charge >= 0.3 is 5.97 Å². The van der Waals surface area contributed by atoms with Crippen LogP contribution in [0.1, 0.15) is 36.0 Å². The van der Waals surface area contributed by atoms with E-state index in [1.54, 1.807) is 13.8 Å². The van der Waals surface area contributed by atoms with Gasteiger partial charge in [0.05, 0.1) is 13.3 Å². The molecule has 0 radical (unpaired) electrons. The van der Waals surface area contributed by atoms with Crippen LogP contribution in [0.3, 0.4) is 0 Å². The molecule has 1 aliphatic carbocycles. The van der Waals surface area contributed by atoms with Crippen LogP contribution in [-0.2, 0) is 20.9 Å². The molecule has 0 unspecified atom stereocenters. The van der Waals surface area contributed by atoms with Crippen molar-refractivity contribution >= 4 is 24.8 Å². The number of anilines is 1. The fourth-order valence-corrected chi connectivity index (χ4v) is 7.39. The second-order valence-corrected chi connectivity index (χ2v) is 13.3. The molecular weight excluding hydrogens is 400 g/mol. The molecule has 1 fully saturated rings. The topological polar surface area (TPSA) is 55.4 Å². The predicted molar refractivity (Wildman–Crippen MR) is 121 cm³/mol. The van der Waals surface area contributed by atoms with Crippen LogP contribution in [0.4, 0.5) is 10.1 Å². The minimum absolute atomic E-state index is 0.0549. The van der Waals surface area contributed by atoms with Crippen molar-refractivity contribution in [3.05, 3.63) is 65.0 Å². The van der Waals surface area contributed by atoms with E-state index in [0.717, 1.165) is 24.8 Å². The maximum atomic E-state index is 13.6. The molecule has 0 heterocycles. The minimum Gasteiger partial charge on any atom is -0.458 e. The van der Waals surface area contributed by atoms with E-state index in [1.807, 2.05) is 30.3 Å². The van der Waals surface area contributed by atoms with Gasteiger partial charge in [-0.2, -0.15) is 0 Å². The highest BCUT2D eigenvalue weighted by Crippen LogP contribution is 2.70. The Morgan fingerprint density at radius 2 is 1.70 bits per heavy atom. The number of hydrogen-bond acceptors (Lipinski definition) is 3. The number of esters is 1. The van der Waals surface area contributed by atoms with Crippen LogP contribution in [0.15, 0.2) is 42.5 Å². The number of benzene rings is 2. The van der Waals surface area contributed by atoms with Gasteiger partial charge in [-0.05, 0) is 61.9 Å². The molecule has 160 valence electrons. The minimum atomic E-state index is -1.95. The Morgan fingerprint density at radius 1 is 1.10 bits per heavy atom. The summed E-state index contributed by atoms with van der Waals surface area (Å²) >= 11 is 0. The molecule has 2 aromatic carbocycles. The van der Waals surface area contributed by atoms with Crippen LogP contribution < -0.4 is 5.32 Å². The standard InChI is InChI=1S/C24H29FNO3P/c1-17-13-20(25)14-18(2)22(17)26-23(28)24(11-8-12-24)30(3,4)16-21(27)29-15-19-9-6-5-7-10-19/h5-7,9-10,13-14H,8,11-12,15-16H2,1-4H3/p+1. The Morgan fingerprint density at radius 3 is 2.23 bits per heavy atom. The van der Waals surface area contributed by atoms with E-state index >= 15 is 0 Å². The molecule has 0 aromatic heterocycles. The van der Waals surface area contributed by atoms with Crippen molar-refractivity contribution in [3.63, 3.8) is 0 Å². The number of amides is 1. The van der Waals surface area contributed by atoms with Crippen molar-refractivity contribution in [2.45, 2.75) is 44.9 Å². The molecule has 3 rings (SSSR count). The smallest absolute Gasteiger partial charge is 0.344 e. The SMILES string of the molecule is Cc1cc(F)cc(C)c1NC(=O)C1([P+](C)(C)CC(=O)OCc2ccccc2)CCC1. The lowest BCUT2D eigenvalue weighted by atomic mass is 9.83. The summed E-state index contributed by atoms with van der Waals surface area (Å²) in [6, 6.07) is 12.4. The third-order valence-electron chi connectivity index (χ3n) is 6.27. The van der Waals surface area contributed by atoms with Crippen LogP contribution in [-0.4, -0.2) is 36.5 Å². The van der Waals surface area contributed by atoms with Gasteiger partial charge in [0.25, 0.3) is 5.91 Å². The Labute approximate surface area is 178 Å². The van der Waals surface area contributed by atoms with Gasteiger partial charge in [0.15, 0.2) is 11.3 Å². The van der Waals surface area contributed by atoms with E-state index in [-0.39, 0.29) is 30.5 Å². The first-order valence-corrected chi connectivity index (χ1v) is 13.1. The fraction of sp³-hybridized carbons (Fsp3) is 0.417. The normalized spacial score (nSPS) is 15.2. The lowest BCUT2D eigenvalue weighted by molar-refractivity contribution is -0.141. The van der Waals surface area contributed by atoms with Gasteiger partial charge in [0.1, 0.15) is 12.4 Å². The first kappa shape index (κ1) is 22.4. The van der Waals surface area contributed by atoms with Gasteiger partial charge < -0.3 is 10.1 Å². The van der Waals surface area contributed by atoms with Crippen molar-refractivity contribution in [3.8, 4) is 0 Å². The molecule has 6 heteroatoms. The van der Waals surface area contributed by atoms with Gasteiger partial charge in [0, 0.05) is 12.9 Å². The summed E-state index contributed by atoms with van der Waals surface area (Å²) in [5.74, 6) is -0.624. The van der Waals surface area contributed by atoms with Gasteiger partial charge in [-0.3, -0.25) is 4.79 Å². The molecular formula is C24H30FNO3P+. The number of ether oxygens (including phenoxy) is 1. The fourth-order valence-electron chi connectivity index (χ4n) is 4.21. The molecule has 0 bridgehead atoms. The number of halogens is 1. The zero-order valence-corrected chi connectivity index (χ0v) is 19.0. The zero-order chi connectivity index (χ0) is 21.9. The Balaban J connectivity index is 1.71. The molecule has 2 aromatic rings. The van der Waals surface area contributed by atoms with Gasteiger partial charge in [0.2, 0.25) is 0 Å². The highest BCUT2D eigenvalue weighted by Gasteiger charge is 2.61. The summed E-state index contributed by atoms with van der Waals surface area (Å²) in [4.78, 5) is 26.0. The van der Waals surface area contributed by atoms with Crippen molar-refractivity contribution in [1.82, 2.24) is 0 Å². The van der Waals surface area contributed by atoms with Crippen LogP contribution in [0.25, 0.3) is 0 Å². The molecule has 1 amide bonds. The summed E-state index contributed by atoms with van der Waals surface area (Å²) in [6.45, 7) is 7.97. The molecule has 30 heavy (non-hydrogen) atoms. The average Bonchev–Trinajstić information content (AvgIpc) is 2.62. The number of rotatable bonds is 7. The zero-order valence-electron chi connectivity index (χ0n) is 18.1. The van der Waals surface area contributed by atoms with Crippen LogP contribution in [0.5, 0.6) is 0 Å². The quantitative estimate of drug-likeness (QED) is 0.478.